The van der Waals surface area contributed by atoms with Crippen molar-refractivity contribution in [1.29, 1.82) is 0 Å². The fourth-order valence-electron chi connectivity index (χ4n) is 2.55. The van der Waals surface area contributed by atoms with E-state index in [0.717, 1.165) is 18.5 Å². The molecule has 1 N–H and O–H groups in total. The number of phenolic OH excluding ortho intramolecular Hbond substituents is 1. The minimum Gasteiger partial charge on any atom is -0.508 e. The van der Waals surface area contributed by atoms with Crippen molar-refractivity contribution in [3.63, 3.8) is 0 Å². The second-order valence-electron chi connectivity index (χ2n) is 5.49. The highest BCUT2D eigenvalue weighted by atomic mass is 35.5. The molecule has 0 bridgehead atoms. The third-order valence-corrected chi connectivity index (χ3v) is 4.73. The normalized spacial score (nSPS) is 14.4. The maximum absolute atomic E-state index is 9.82. The SMILES string of the molecule is CN(C)CC/C=C1/c2ccccc2Sc2ccc(O)cc21.Cl. The van der Waals surface area contributed by atoms with Crippen LogP contribution in [-0.4, -0.2) is 30.6 Å². The number of phenols is 1. The minimum atomic E-state index is 0. The molecule has 2 nitrogen and oxygen atoms in total. The molecule has 2 aromatic rings. The van der Waals surface area contributed by atoms with Gasteiger partial charge in [0.1, 0.15) is 5.75 Å². The first kappa shape index (κ1) is 16.9. The highest BCUT2D eigenvalue weighted by Crippen LogP contribution is 2.46. The smallest absolute Gasteiger partial charge is 0.116 e. The number of fused-ring (bicyclic) bond motifs is 2. The Morgan fingerprint density at radius 1 is 1.05 bits per heavy atom. The summed E-state index contributed by atoms with van der Waals surface area (Å²) in [6, 6.07) is 14.1. The van der Waals surface area contributed by atoms with Crippen molar-refractivity contribution < 1.29 is 5.11 Å². The lowest BCUT2D eigenvalue weighted by atomic mass is 9.96. The van der Waals surface area contributed by atoms with E-state index in [-0.39, 0.29) is 12.4 Å². The van der Waals surface area contributed by atoms with Gasteiger partial charge in [-0.15, -0.1) is 12.4 Å². The molecule has 0 amide bonds. The van der Waals surface area contributed by atoms with Gasteiger partial charge in [-0.2, -0.15) is 0 Å². The van der Waals surface area contributed by atoms with Crippen LogP contribution in [0.15, 0.2) is 58.3 Å². The standard InChI is InChI=1S/C18H19NOS.ClH/c1-19(2)11-5-7-14-15-6-3-4-8-17(15)21-18-10-9-13(20)12-16(14)18;/h3-4,6-10,12,20H,5,11H2,1-2H3;1H/b14-7-;. The first-order valence-corrected chi connectivity index (χ1v) is 7.92. The Bertz CT molecular complexity index is 697. The lowest BCUT2D eigenvalue weighted by molar-refractivity contribution is 0.417. The van der Waals surface area contributed by atoms with Crippen molar-refractivity contribution >= 4 is 29.7 Å². The van der Waals surface area contributed by atoms with Crippen LogP contribution in [0.1, 0.15) is 17.5 Å². The summed E-state index contributed by atoms with van der Waals surface area (Å²) in [4.78, 5) is 4.68. The zero-order valence-corrected chi connectivity index (χ0v) is 14.4. The summed E-state index contributed by atoms with van der Waals surface area (Å²) < 4.78 is 0. The van der Waals surface area contributed by atoms with Gasteiger partial charge in [0.15, 0.2) is 0 Å². The van der Waals surface area contributed by atoms with Crippen LogP contribution in [-0.2, 0) is 0 Å². The maximum atomic E-state index is 9.82. The molecule has 0 saturated heterocycles. The molecule has 0 aromatic heterocycles. The molecule has 22 heavy (non-hydrogen) atoms. The Morgan fingerprint density at radius 2 is 1.77 bits per heavy atom. The molecular formula is C18H20ClNOS. The van der Waals surface area contributed by atoms with Crippen molar-refractivity contribution in [3.8, 4) is 5.75 Å². The van der Waals surface area contributed by atoms with Crippen molar-refractivity contribution in [3.05, 3.63) is 59.7 Å². The van der Waals surface area contributed by atoms with Gasteiger partial charge in [0.05, 0.1) is 0 Å². The summed E-state index contributed by atoms with van der Waals surface area (Å²) in [6.07, 6.45) is 3.28. The molecule has 1 aliphatic rings. The van der Waals surface area contributed by atoms with E-state index in [1.807, 2.05) is 12.1 Å². The van der Waals surface area contributed by atoms with E-state index < -0.39 is 0 Å². The van der Waals surface area contributed by atoms with Gasteiger partial charge in [0.2, 0.25) is 0 Å². The summed E-state index contributed by atoms with van der Waals surface area (Å²) in [5, 5.41) is 9.82. The first-order chi connectivity index (χ1) is 10.1. The minimum absolute atomic E-state index is 0. The van der Waals surface area contributed by atoms with E-state index in [1.54, 1.807) is 17.8 Å². The Labute approximate surface area is 142 Å². The topological polar surface area (TPSA) is 23.5 Å². The zero-order valence-electron chi connectivity index (χ0n) is 12.7. The third kappa shape index (κ3) is 3.49. The predicted octanol–water partition coefficient (Wildman–Crippen LogP) is 4.66. The fourth-order valence-corrected chi connectivity index (χ4v) is 3.63. The van der Waals surface area contributed by atoms with Crippen LogP contribution < -0.4 is 0 Å². The average molecular weight is 334 g/mol. The molecule has 1 aliphatic heterocycles. The lowest BCUT2D eigenvalue weighted by Gasteiger charge is -2.22. The largest absolute Gasteiger partial charge is 0.508 e. The summed E-state index contributed by atoms with van der Waals surface area (Å²) in [5.74, 6) is 0.326. The van der Waals surface area contributed by atoms with Gasteiger partial charge in [-0.25, -0.2) is 0 Å². The van der Waals surface area contributed by atoms with Crippen LogP contribution in [0.3, 0.4) is 0 Å². The molecule has 0 atom stereocenters. The van der Waals surface area contributed by atoms with Gasteiger partial charge in [0.25, 0.3) is 0 Å². The van der Waals surface area contributed by atoms with Gasteiger partial charge in [-0.05, 0) is 61.5 Å². The Hall–Kier alpha value is -1.42. The highest BCUT2D eigenvalue weighted by Gasteiger charge is 2.20. The van der Waals surface area contributed by atoms with Crippen LogP contribution >= 0.6 is 24.2 Å². The van der Waals surface area contributed by atoms with E-state index in [9.17, 15) is 5.11 Å². The van der Waals surface area contributed by atoms with Crippen LogP contribution in [0, 0.1) is 0 Å². The van der Waals surface area contributed by atoms with Crippen LogP contribution in [0.25, 0.3) is 5.57 Å². The fraction of sp³-hybridized carbons (Fsp3) is 0.222. The van der Waals surface area contributed by atoms with Crippen molar-refractivity contribution in [2.45, 2.75) is 16.2 Å². The van der Waals surface area contributed by atoms with Crippen LogP contribution in [0.4, 0.5) is 0 Å². The molecule has 2 aromatic carbocycles. The van der Waals surface area contributed by atoms with Crippen molar-refractivity contribution in [1.82, 2.24) is 4.90 Å². The Morgan fingerprint density at radius 3 is 2.55 bits per heavy atom. The average Bonchev–Trinajstić information content (AvgIpc) is 2.46. The molecule has 0 spiro atoms. The number of aromatic hydroxyl groups is 1. The monoisotopic (exact) mass is 333 g/mol. The van der Waals surface area contributed by atoms with E-state index in [2.05, 4.69) is 49.3 Å². The molecule has 0 radical (unpaired) electrons. The molecular weight excluding hydrogens is 314 g/mol. The van der Waals surface area contributed by atoms with Crippen molar-refractivity contribution in [2.24, 2.45) is 0 Å². The number of benzene rings is 2. The molecule has 0 fully saturated rings. The number of hydrogen-bond acceptors (Lipinski definition) is 3. The van der Waals surface area contributed by atoms with Gasteiger partial charge < -0.3 is 10.0 Å². The van der Waals surface area contributed by atoms with Gasteiger partial charge >= 0.3 is 0 Å². The molecule has 1 heterocycles. The van der Waals surface area contributed by atoms with Crippen LogP contribution in [0.2, 0.25) is 0 Å². The summed E-state index contributed by atoms with van der Waals surface area (Å²) in [7, 11) is 4.17. The number of halogens is 1. The van der Waals surface area contributed by atoms with Crippen LogP contribution in [0.5, 0.6) is 5.75 Å². The molecule has 0 unspecified atom stereocenters. The first-order valence-electron chi connectivity index (χ1n) is 7.10. The second kappa shape index (κ2) is 7.23. The Balaban J connectivity index is 0.00000176. The number of rotatable bonds is 3. The van der Waals surface area contributed by atoms with E-state index >= 15 is 0 Å². The maximum Gasteiger partial charge on any atom is 0.116 e. The van der Waals surface area contributed by atoms with E-state index in [1.165, 1.54) is 20.9 Å². The number of hydrogen-bond donors (Lipinski definition) is 1. The van der Waals surface area contributed by atoms with E-state index in [4.69, 9.17) is 0 Å². The lowest BCUT2D eigenvalue weighted by Crippen LogP contribution is -2.12. The molecule has 3 rings (SSSR count). The van der Waals surface area contributed by atoms with Gasteiger partial charge in [-0.1, -0.05) is 36.0 Å². The Kier molecular flexibility index (Phi) is 5.57. The predicted molar refractivity (Wildman–Crippen MR) is 96.2 cm³/mol. The quantitative estimate of drug-likeness (QED) is 0.754. The molecule has 4 heteroatoms. The third-order valence-electron chi connectivity index (χ3n) is 3.58. The van der Waals surface area contributed by atoms with E-state index in [0.29, 0.717) is 5.75 Å². The molecule has 0 aliphatic carbocycles. The second-order valence-corrected chi connectivity index (χ2v) is 6.57. The zero-order chi connectivity index (χ0) is 14.8. The van der Waals surface area contributed by atoms with Gasteiger partial charge in [-0.3, -0.25) is 0 Å². The van der Waals surface area contributed by atoms with Gasteiger partial charge in [0, 0.05) is 16.3 Å². The highest BCUT2D eigenvalue weighted by molar-refractivity contribution is 7.99. The van der Waals surface area contributed by atoms with Crippen molar-refractivity contribution in [2.75, 3.05) is 20.6 Å². The molecule has 0 saturated carbocycles. The molecule has 116 valence electrons. The summed E-state index contributed by atoms with van der Waals surface area (Å²) in [5.41, 5.74) is 3.63. The summed E-state index contributed by atoms with van der Waals surface area (Å²) >= 11 is 1.77. The number of nitrogens with zero attached hydrogens (tertiary/aromatic N) is 1. The summed E-state index contributed by atoms with van der Waals surface area (Å²) in [6.45, 7) is 1.02.